The third-order valence-electron chi connectivity index (χ3n) is 3.06. The predicted octanol–water partition coefficient (Wildman–Crippen LogP) is 2.71. The molecule has 1 aliphatic carbocycles. The van der Waals surface area contributed by atoms with E-state index in [2.05, 4.69) is 23.5 Å². The Kier molecular flexibility index (Phi) is 4.40. The van der Waals surface area contributed by atoms with Crippen molar-refractivity contribution in [1.29, 1.82) is 0 Å². The second-order valence-electron chi connectivity index (χ2n) is 4.37. The minimum Gasteiger partial charge on any atom is -0.463 e. The van der Waals surface area contributed by atoms with Gasteiger partial charge in [-0.3, -0.25) is 0 Å². The maximum atomic E-state index is 11.1. The van der Waals surface area contributed by atoms with Crippen LogP contribution in [0.3, 0.4) is 0 Å². The molecule has 0 aromatic heterocycles. The third-order valence-corrected chi connectivity index (χ3v) is 3.06. The van der Waals surface area contributed by atoms with Gasteiger partial charge in [-0.1, -0.05) is 12.1 Å². The normalized spacial score (nSPS) is 13.6. The van der Waals surface area contributed by atoms with Crippen LogP contribution in [0.1, 0.15) is 24.5 Å². The lowest BCUT2D eigenvalue weighted by Gasteiger charge is -2.06. The molecule has 18 heavy (non-hydrogen) atoms. The van der Waals surface area contributed by atoms with Crippen LogP contribution in [0.15, 0.2) is 30.4 Å². The molecule has 0 saturated heterocycles. The lowest BCUT2D eigenvalue weighted by molar-refractivity contribution is -0.137. The molecule has 3 heteroatoms. The Bertz CT molecular complexity index is 452. The Morgan fingerprint density at radius 3 is 3.06 bits per heavy atom. The maximum absolute atomic E-state index is 11.1. The van der Waals surface area contributed by atoms with E-state index in [1.807, 2.05) is 0 Å². The zero-order valence-corrected chi connectivity index (χ0v) is 10.7. The summed E-state index contributed by atoms with van der Waals surface area (Å²) < 4.78 is 4.80. The highest BCUT2D eigenvalue weighted by Crippen LogP contribution is 2.24. The smallest absolute Gasteiger partial charge is 0.330 e. The highest BCUT2D eigenvalue weighted by Gasteiger charge is 2.10. The fraction of sp³-hybridized carbons (Fsp3) is 0.400. The highest BCUT2D eigenvalue weighted by atomic mass is 16.5. The fourth-order valence-corrected chi connectivity index (χ4v) is 2.20. The Balaban J connectivity index is 1.82. The van der Waals surface area contributed by atoms with Gasteiger partial charge >= 0.3 is 5.97 Å². The molecule has 1 aliphatic rings. The number of fused-ring (bicyclic) bond motifs is 1. The van der Waals surface area contributed by atoms with E-state index in [0.717, 1.165) is 5.69 Å². The van der Waals surface area contributed by atoms with Crippen molar-refractivity contribution in [1.82, 2.24) is 0 Å². The number of hydrogen-bond donors (Lipinski definition) is 1. The molecular formula is C15H19NO2. The summed E-state index contributed by atoms with van der Waals surface area (Å²) in [5, 5.41) is 3.28. The minimum atomic E-state index is -0.284. The van der Waals surface area contributed by atoms with E-state index in [9.17, 15) is 4.79 Å². The summed E-state index contributed by atoms with van der Waals surface area (Å²) in [6.07, 6.45) is 6.90. The molecule has 0 heterocycles. The number of carbonyl (C=O) groups excluding carboxylic acids is 1. The first-order valence-electron chi connectivity index (χ1n) is 6.48. The predicted molar refractivity (Wildman–Crippen MR) is 72.7 cm³/mol. The van der Waals surface area contributed by atoms with Crippen LogP contribution in [0.2, 0.25) is 0 Å². The zero-order valence-electron chi connectivity index (χ0n) is 10.7. The Labute approximate surface area is 108 Å². The number of ether oxygens (including phenoxy) is 1. The van der Waals surface area contributed by atoms with Crippen molar-refractivity contribution in [2.45, 2.75) is 26.2 Å². The van der Waals surface area contributed by atoms with Crippen molar-refractivity contribution in [2.24, 2.45) is 0 Å². The van der Waals surface area contributed by atoms with Gasteiger partial charge in [0.15, 0.2) is 0 Å². The van der Waals surface area contributed by atoms with E-state index in [0.29, 0.717) is 13.2 Å². The summed E-state index contributed by atoms with van der Waals surface area (Å²) in [6.45, 7) is 2.85. The summed E-state index contributed by atoms with van der Waals surface area (Å²) in [4.78, 5) is 11.1. The summed E-state index contributed by atoms with van der Waals surface area (Å²) in [6, 6.07) is 6.50. The average molecular weight is 245 g/mol. The molecule has 0 atom stereocenters. The van der Waals surface area contributed by atoms with E-state index in [-0.39, 0.29) is 5.97 Å². The van der Waals surface area contributed by atoms with Crippen LogP contribution in [0, 0.1) is 0 Å². The third kappa shape index (κ3) is 3.36. The van der Waals surface area contributed by atoms with E-state index >= 15 is 0 Å². The first kappa shape index (κ1) is 12.7. The molecule has 3 nitrogen and oxygen atoms in total. The molecule has 0 unspecified atom stereocenters. The number of benzene rings is 1. The lowest BCUT2D eigenvalue weighted by Crippen LogP contribution is -2.02. The number of anilines is 1. The molecule has 96 valence electrons. The van der Waals surface area contributed by atoms with Crippen molar-refractivity contribution < 1.29 is 9.53 Å². The molecule has 0 aliphatic heterocycles. The second-order valence-corrected chi connectivity index (χ2v) is 4.37. The number of aryl methyl sites for hydroxylation is 2. The molecule has 0 fully saturated rings. The van der Waals surface area contributed by atoms with E-state index in [1.54, 1.807) is 13.0 Å². The molecule has 0 bridgehead atoms. The van der Waals surface area contributed by atoms with Crippen molar-refractivity contribution >= 4 is 11.7 Å². The highest BCUT2D eigenvalue weighted by molar-refractivity contribution is 5.81. The molecule has 0 spiro atoms. The van der Waals surface area contributed by atoms with E-state index in [4.69, 9.17) is 4.74 Å². The minimum absolute atomic E-state index is 0.284. The Morgan fingerprint density at radius 2 is 2.22 bits per heavy atom. The maximum Gasteiger partial charge on any atom is 0.330 e. The second kappa shape index (κ2) is 6.24. The van der Waals surface area contributed by atoms with Gasteiger partial charge in [0.2, 0.25) is 0 Å². The fourth-order valence-electron chi connectivity index (χ4n) is 2.20. The number of hydrogen-bond acceptors (Lipinski definition) is 3. The van der Waals surface area contributed by atoms with Gasteiger partial charge in [0, 0.05) is 18.3 Å². The molecule has 0 amide bonds. The number of carbonyl (C=O) groups is 1. The molecule has 1 aromatic rings. The number of nitrogens with one attached hydrogen (secondary N) is 1. The Morgan fingerprint density at radius 1 is 1.39 bits per heavy atom. The van der Waals surface area contributed by atoms with Crippen LogP contribution in [-0.4, -0.2) is 19.1 Å². The molecule has 2 rings (SSSR count). The van der Waals surface area contributed by atoms with Gasteiger partial charge in [-0.05, 0) is 49.4 Å². The van der Waals surface area contributed by atoms with Crippen LogP contribution in [-0.2, 0) is 22.4 Å². The monoisotopic (exact) mass is 245 g/mol. The van der Waals surface area contributed by atoms with E-state index in [1.165, 1.54) is 36.5 Å². The van der Waals surface area contributed by atoms with Gasteiger partial charge in [-0.2, -0.15) is 0 Å². The Hall–Kier alpha value is -1.77. The van der Waals surface area contributed by atoms with Crippen molar-refractivity contribution in [3.8, 4) is 0 Å². The summed E-state index contributed by atoms with van der Waals surface area (Å²) in [5.41, 5.74) is 4.04. The van der Waals surface area contributed by atoms with Crippen molar-refractivity contribution in [3.63, 3.8) is 0 Å². The largest absolute Gasteiger partial charge is 0.463 e. The summed E-state index contributed by atoms with van der Waals surface area (Å²) >= 11 is 0. The van der Waals surface area contributed by atoms with Crippen molar-refractivity contribution in [3.05, 3.63) is 41.5 Å². The van der Waals surface area contributed by atoms with Crippen LogP contribution in [0.5, 0.6) is 0 Å². The van der Waals surface area contributed by atoms with Gasteiger partial charge in [0.05, 0.1) is 6.61 Å². The molecular weight excluding hydrogens is 226 g/mol. The van der Waals surface area contributed by atoms with Crippen LogP contribution >= 0.6 is 0 Å². The summed E-state index contributed by atoms with van der Waals surface area (Å²) in [7, 11) is 0. The first-order valence-corrected chi connectivity index (χ1v) is 6.48. The van der Waals surface area contributed by atoms with Gasteiger partial charge in [0.1, 0.15) is 0 Å². The zero-order chi connectivity index (χ0) is 12.8. The average Bonchev–Trinajstić information content (AvgIpc) is 2.82. The van der Waals surface area contributed by atoms with Gasteiger partial charge in [-0.25, -0.2) is 4.79 Å². The van der Waals surface area contributed by atoms with Crippen LogP contribution in [0.25, 0.3) is 0 Å². The van der Waals surface area contributed by atoms with Crippen LogP contribution < -0.4 is 5.32 Å². The van der Waals surface area contributed by atoms with Crippen molar-refractivity contribution in [2.75, 3.05) is 18.5 Å². The van der Waals surface area contributed by atoms with E-state index < -0.39 is 0 Å². The molecule has 0 saturated carbocycles. The topological polar surface area (TPSA) is 38.3 Å². The lowest BCUT2D eigenvalue weighted by atomic mass is 10.1. The standard InChI is InChI=1S/C15H19NO2/c1-2-18-15(17)7-4-10-16-14-9-8-12-5-3-6-13(12)11-14/h4,7-9,11,16H,2-3,5-6,10H2,1H3/b7-4+. The molecule has 0 radical (unpaired) electrons. The molecule has 1 aromatic carbocycles. The van der Waals surface area contributed by atoms with Gasteiger partial charge in [0.25, 0.3) is 0 Å². The molecule has 1 N–H and O–H groups in total. The number of esters is 1. The van der Waals surface area contributed by atoms with Gasteiger partial charge < -0.3 is 10.1 Å². The number of rotatable bonds is 5. The summed E-state index contributed by atoms with van der Waals surface area (Å²) in [5.74, 6) is -0.284. The first-order chi connectivity index (χ1) is 8.79. The quantitative estimate of drug-likeness (QED) is 0.640. The SMILES string of the molecule is CCOC(=O)/C=C/CNc1ccc2c(c1)CCC2. The van der Waals surface area contributed by atoms with Gasteiger partial charge in [-0.15, -0.1) is 0 Å². The van der Waals surface area contributed by atoms with Crippen LogP contribution in [0.4, 0.5) is 5.69 Å².